The molecule has 3 heteroatoms. The molecule has 0 unspecified atom stereocenters. The summed E-state index contributed by atoms with van der Waals surface area (Å²) in [6.07, 6.45) is 9.20. The van der Waals surface area contributed by atoms with E-state index >= 15 is 0 Å². The Morgan fingerprint density at radius 1 is 1.18 bits per heavy atom. The Hall–Kier alpha value is -1.22. The summed E-state index contributed by atoms with van der Waals surface area (Å²) in [4.78, 5) is 0. The predicted octanol–water partition coefficient (Wildman–Crippen LogP) is 4.54. The maximum atomic E-state index is 5.98. The minimum absolute atomic E-state index is 0.756. The van der Waals surface area contributed by atoms with Crippen molar-refractivity contribution in [2.75, 3.05) is 20.3 Å². The van der Waals surface area contributed by atoms with E-state index < -0.39 is 0 Å². The van der Waals surface area contributed by atoms with Gasteiger partial charge >= 0.3 is 0 Å². The molecule has 0 aromatic heterocycles. The van der Waals surface area contributed by atoms with Crippen LogP contribution in [0, 0.1) is 5.92 Å². The van der Waals surface area contributed by atoms with Gasteiger partial charge in [-0.2, -0.15) is 0 Å². The Bertz CT molecular complexity index is 427. The molecule has 0 amide bonds. The molecule has 2 rings (SSSR count). The summed E-state index contributed by atoms with van der Waals surface area (Å²) in [7, 11) is 1.71. The molecule has 1 fully saturated rings. The zero-order valence-electron chi connectivity index (χ0n) is 14.2. The van der Waals surface area contributed by atoms with Gasteiger partial charge in [0.15, 0.2) is 11.5 Å². The lowest BCUT2D eigenvalue weighted by Crippen LogP contribution is -2.24. The van der Waals surface area contributed by atoms with Crippen LogP contribution in [0.25, 0.3) is 0 Å². The Morgan fingerprint density at radius 3 is 2.73 bits per heavy atom. The number of benzene rings is 1. The second-order valence-electron chi connectivity index (χ2n) is 6.29. The van der Waals surface area contributed by atoms with Crippen molar-refractivity contribution < 1.29 is 9.47 Å². The minimum atomic E-state index is 0.756. The summed E-state index contributed by atoms with van der Waals surface area (Å²) in [5, 5.41) is 3.62. The van der Waals surface area contributed by atoms with E-state index in [4.69, 9.17) is 9.47 Å². The highest BCUT2D eigenvalue weighted by atomic mass is 16.5. The van der Waals surface area contributed by atoms with Gasteiger partial charge in [-0.1, -0.05) is 44.7 Å². The highest BCUT2D eigenvalue weighted by Crippen LogP contribution is 2.31. The highest BCUT2D eigenvalue weighted by molar-refractivity contribution is 5.46. The molecule has 22 heavy (non-hydrogen) atoms. The van der Waals surface area contributed by atoms with E-state index in [1.807, 2.05) is 12.1 Å². The first-order valence-corrected chi connectivity index (χ1v) is 8.84. The molecule has 0 spiro atoms. The van der Waals surface area contributed by atoms with E-state index in [1.165, 1.54) is 37.7 Å². The predicted molar refractivity (Wildman–Crippen MR) is 91.7 cm³/mol. The monoisotopic (exact) mass is 305 g/mol. The second-order valence-corrected chi connectivity index (χ2v) is 6.29. The molecular weight excluding hydrogens is 274 g/mol. The summed E-state index contributed by atoms with van der Waals surface area (Å²) in [5.41, 5.74) is 1.20. The summed E-state index contributed by atoms with van der Waals surface area (Å²) in [6, 6.07) is 6.16. The average Bonchev–Trinajstić information content (AvgIpc) is 2.57. The van der Waals surface area contributed by atoms with Crippen molar-refractivity contribution in [1.82, 2.24) is 5.32 Å². The van der Waals surface area contributed by atoms with Crippen molar-refractivity contribution >= 4 is 0 Å². The normalized spacial score (nSPS) is 15.7. The van der Waals surface area contributed by atoms with Crippen molar-refractivity contribution in [2.45, 2.75) is 58.4 Å². The van der Waals surface area contributed by atoms with E-state index in [0.717, 1.165) is 50.0 Å². The summed E-state index contributed by atoms with van der Waals surface area (Å²) in [6.45, 7) is 4.91. The molecule has 1 aromatic carbocycles. The molecule has 124 valence electrons. The largest absolute Gasteiger partial charge is 0.493 e. The lowest BCUT2D eigenvalue weighted by Gasteiger charge is -2.22. The van der Waals surface area contributed by atoms with Crippen LogP contribution in [0.3, 0.4) is 0 Å². The molecule has 0 saturated heterocycles. The Labute approximate surface area is 135 Å². The van der Waals surface area contributed by atoms with Gasteiger partial charge in [-0.3, -0.25) is 0 Å². The first-order valence-electron chi connectivity index (χ1n) is 8.84. The summed E-state index contributed by atoms with van der Waals surface area (Å²) >= 11 is 0. The van der Waals surface area contributed by atoms with Crippen LogP contribution in [0.2, 0.25) is 0 Å². The van der Waals surface area contributed by atoms with Crippen LogP contribution in [0.4, 0.5) is 0 Å². The van der Waals surface area contributed by atoms with Gasteiger partial charge in [-0.25, -0.2) is 0 Å². The van der Waals surface area contributed by atoms with Crippen LogP contribution in [-0.2, 0) is 6.54 Å². The molecule has 1 saturated carbocycles. The average molecular weight is 305 g/mol. The second kappa shape index (κ2) is 9.73. The number of hydrogen-bond donors (Lipinski definition) is 1. The van der Waals surface area contributed by atoms with Gasteiger partial charge in [-0.05, 0) is 37.8 Å². The highest BCUT2D eigenvalue weighted by Gasteiger charge is 2.14. The minimum Gasteiger partial charge on any atom is -0.493 e. The molecule has 1 aromatic rings. The third-order valence-corrected chi connectivity index (χ3v) is 4.50. The fourth-order valence-corrected chi connectivity index (χ4v) is 3.15. The third kappa shape index (κ3) is 5.20. The van der Waals surface area contributed by atoms with Crippen LogP contribution >= 0.6 is 0 Å². The lowest BCUT2D eigenvalue weighted by molar-refractivity contribution is 0.283. The van der Waals surface area contributed by atoms with Crippen LogP contribution in [-0.4, -0.2) is 20.3 Å². The van der Waals surface area contributed by atoms with Crippen molar-refractivity contribution in [3.05, 3.63) is 23.8 Å². The van der Waals surface area contributed by atoms with Crippen molar-refractivity contribution in [1.29, 1.82) is 0 Å². The summed E-state index contributed by atoms with van der Waals surface area (Å²) in [5.74, 6) is 2.60. The number of ether oxygens (including phenoxy) is 2. The SMILES string of the molecule is CCCCOc1c(CNCC2CCCCC2)cccc1OC. The first kappa shape index (κ1) is 17.1. The first-order chi connectivity index (χ1) is 10.8. The topological polar surface area (TPSA) is 30.5 Å². The van der Waals surface area contributed by atoms with Crippen molar-refractivity contribution in [2.24, 2.45) is 5.92 Å². The smallest absolute Gasteiger partial charge is 0.165 e. The Kier molecular flexibility index (Phi) is 7.58. The van der Waals surface area contributed by atoms with Crippen LogP contribution in [0.5, 0.6) is 11.5 Å². The molecule has 1 aliphatic rings. The van der Waals surface area contributed by atoms with Crippen molar-refractivity contribution in [3.63, 3.8) is 0 Å². The molecule has 0 aliphatic heterocycles. The molecule has 0 bridgehead atoms. The van der Waals surface area contributed by atoms with E-state index in [1.54, 1.807) is 7.11 Å². The van der Waals surface area contributed by atoms with Gasteiger partial charge in [0.2, 0.25) is 0 Å². The zero-order valence-corrected chi connectivity index (χ0v) is 14.2. The fraction of sp³-hybridized carbons (Fsp3) is 0.684. The number of rotatable bonds is 9. The van der Waals surface area contributed by atoms with E-state index in [2.05, 4.69) is 18.3 Å². The number of methoxy groups -OCH3 is 1. The molecule has 1 N–H and O–H groups in total. The third-order valence-electron chi connectivity index (χ3n) is 4.50. The summed E-state index contributed by atoms with van der Waals surface area (Å²) < 4.78 is 11.4. The molecular formula is C19H31NO2. The fourth-order valence-electron chi connectivity index (χ4n) is 3.15. The van der Waals surface area contributed by atoms with Gasteiger partial charge in [0.05, 0.1) is 13.7 Å². The van der Waals surface area contributed by atoms with Crippen molar-refractivity contribution in [3.8, 4) is 11.5 Å². The van der Waals surface area contributed by atoms with Crippen LogP contribution in [0.1, 0.15) is 57.4 Å². The molecule has 0 heterocycles. The van der Waals surface area contributed by atoms with E-state index in [-0.39, 0.29) is 0 Å². The quantitative estimate of drug-likeness (QED) is 0.679. The van der Waals surface area contributed by atoms with Gasteiger partial charge in [0.1, 0.15) is 0 Å². The maximum Gasteiger partial charge on any atom is 0.165 e. The van der Waals surface area contributed by atoms with E-state index in [9.17, 15) is 0 Å². The van der Waals surface area contributed by atoms with Gasteiger partial charge < -0.3 is 14.8 Å². The molecule has 0 atom stereocenters. The van der Waals surface area contributed by atoms with Crippen LogP contribution < -0.4 is 14.8 Å². The lowest BCUT2D eigenvalue weighted by atomic mass is 9.89. The van der Waals surface area contributed by atoms with E-state index in [0.29, 0.717) is 0 Å². The Morgan fingerprint density at radius 2 is 2.00 bits per heavy atom. The number of nitrogens with one attached hydrogen (secondary N) is 1. The molecule has 0 radical (unpaired) electrons. The number of para-hydroxylation sites is 1. The number of hydrogen-bond acceptors (Lipinski definition) is 3. The number of unbranched alkanes of at least 4 members (excludes halogenated alkanes) is 1. The molecule has 1 aliphatic carbocycles. The van der Waals surface area contributed by atoms with Gasteiger partial charge in [0, 0.05) is 12.1 Å². The molecule has 3 nitrogen and oxygen atoms in total. The van der Waals surface area contributed by atoms with Gasteiger partial charge in [0.25, 0.3) is 0 Å². The Balaban J connectivity index is 1.90. The van der Waals surface area contributed by atoms with Gasteiger partial charge in [-0.15, -0.1) is 0 Å². The maximum absolute atomic E-state index is 5.98. The zero-order chi connectivity index (χ0) is 15.6. The standard InChI is InChI=1S/C19H31NO2/c1-3-4-13-22-19-17(11-8-12-18(19)21-2)15-20-14-16-9-6-5-7-10-16/h8,11-12,16,20H,3-7,9-10,13-15H2,1-2H3. The van der Waals surface area contributed by atoms with Crippen LogP contribution in [0.15, 0.2) is 18.2 Å².